The van der Waals surface area contributed by atoms with Crippen LogP contribution in [0.2, 0.25) is 0 Å². The lowest BCUT2D eigenvalue weighted by molar-refractivity contribution is -1.02. The molecule has 1 heterocycles. The van der Waals surface area contributed by atoms with Gasteiger partial charge in [-0.15, -0.1) is 0 Å². The van der Waals surface area contributed by atoms with Crippen molar-refractivity contribution in [2.24, 2.45) is 0 Å². The molecule has 1 aliphatic heterocycles. The van der Waals surface area contributed by atoms with Gasteiger partial charge in [-0.1, -0.05) is 24.3 Å². The van der Waals surface area contributed by atoms with Crippen LogP contribution in [0.5, 0.6) is 11.5 Å². The van der Waals surface area contributed by atoms with E-state index < -0.39 is 0 Å². The molecule has 1 aliphatic rings. The van der Waals surface area contributed by atoms with E-state index in [2.05, 4.69) is 36.5 Å². The third kappa shape index (κ3) is 5.74. The van der Waals surface area contributed by atoms with Crippen LogP contribution in [0.3, 0.4) is 0 Å². The zero-order valence-corrected chi connectivity index (χ0v) is 18.6. The van der Waals surface area contributed by atoms with E-state index in [9.17, 15) is 4.79 Å². The van der Waals surface area contributed by atoms with Gasteiger partial charge in [-0.3, -0.25) is 4.79 Å². The fourth-order valence-corrected chi connectivity index (χ4v) is 4.16. The van der Waals surface area contributed by atoms with Crippen LogP contribution in [0.15, 0.2) is 42.5 Å². The second-order valence-electron chi connectivity index (χ2n) is 8.18. The smallest absolute Gasteiger partial charge is 0.275 e. The summed E-state index contributed by atoms with van der Waals surface area (Å²) in [7, 11) is 3.28. The largest absolute Gasteiger partial charge is 0.497 e. The number of benzene rings is 2. The molecule has 1 atom stereocenters. The molecule has 1 fully saturated rings. The van der Waals surface area contributed by atoms with Gasteiger partial charge in [0.05, 0.1) is 20.3 Å². The molecule has 0 unspecified atom stereocenters. The molecule has 0 radical (unpaired) electrons. The molecule has 1 saturated heterocycles. The topological polar surface area (TPSA) is 56.4 Å². The number of carbonyl (C=O) groups is 1. The van der Waals surface area contributed by atoms with E-state index in [1.165, 1.54) is 16.0 Å². The summed E-state index contributed by atoms with van der Waals surface area (Å²) in [6, 6.07) is 14.1. The van der Waals surface area contributed by atoms with Crippen LogP contribution < -0.4 is 24.6 Å². The number of carbonyl (C=O) groups excluding carboxylic acids is 1. The minimum atomic E-state index is -0.144. The van der Waals surface area contributed by atoms with E-state index in [4.69, 9.17) is 9.47 Å². The molecule has 0 aliphatic carbocycles. The highest BCUT2D eigenvalue weighted by Crippen LogP contribution is 2.29. The second kappa shape index (κ2) is 10.5. The summed E-state index contributed by atoms with van der Waals surface area (Å²) in [5, 5.41) is 3.13. The molecule has 30 heavy (non-hydrogen) atoms. The highest BCUT2D eigenvalue weighted by atomic mass is 16.5. The van der Waals surface area contributed by atoms with Gasteiger partial charge in [-0.2, -0.15) is 0 Å². The molecule has 3 rings (SSSR count). The monoisotopic (exact) mass is 413 g/mol. The Balaban J connectivity index is 1.49. The summed E-state index contributed by atoms with van der Waals surface area (Å²) < 4.78 is 10.8. The average molecular weight is 414 g/mol. The normalized spacial score (nSPS) is 19.7. The summed E-state index contributed by atoms with van der Waals surface area (Å²) in [5.41, 5.74) is 3.71. The van der Waals surface area contributed by atoms with Crippen LogP contribution in [-0.2, 0) is 11.3 Å². The molecule has 6 nitrogen and oxygen atoms in total. The van der Waals surface area contributed by atoms with Crippen molar-refractivity contribution >= 4 is 5.91 Å². The summed E-state index contributed by atoms with van der Waals surface area (Å²) in [4.78, 5) is 15.6. The Morgan fingerprint density at radius 3 is 2.40 bits per heavy atom. The van der Waals surface area contributed by atoms with Crippen molar-refractivity contribution in [1.82, 2.24) is 5.32 Å². The predicted molar refractivity (Wildman–Crippen MR) is 117 cm³/mol. The van der Waals surface area contributed by atoms with Gasteiger partial charge in [0.15, 0.2) is 6.54 Å². The Labute approximate surface area is 179 Å². The molecular formula is C24H35N3O3+2. The van der Waals surface area contributed by atoms with Crippen LogP contribution in [0.25, 0.3) is 0 Å². The van der Waals surface area contributed by atoms with Crippen molar-refractivity contribution in [3.8, 4) is 11.5 Å². The van der Waals surface area contributed by atoms with Crippen molar-refractivity contribution in [1.29, 1.82) is 0 Å². The number of piperazine rings is 1. The molecule has 3 N–H and O–H groups in total. The van der Waals surface area contributed by atoms with Crippen molar-refractivity contribution < 1.29 is 24.1 Å². The van der Waals surface area contributed by atoms with Crippen LogP contribution in [0.1, 0.15) is 29.7 Å². The molecular weight excluding hydrogens is 378 g/mol. The molecule has 0 saturated carbocycles. The quantitative estimate of drug-likeness (QED) is 0.579. The number of rotatable bonds is 8. The standard InChI is InChI=1S/C24H33N3O3/c1-18-7-5-6-8-20(18)16-26-11-13-27(14-12-26)17-24(28)25-19(2)22-15-21(29-3)9-10-23(22)30-4/h5-10,15,19H,11-14,16-17H2,1-4H3,(H,25,28)/p+2/t19-/m1/s1. The summed E-state index contributed by atoms with van der Waals surface area (Å²) >= 11 is 0. The van der Waals surface area contributed by atoms with Gasteiger partial charge in [0.1, 0.15) is 44.2 Å². The van der Waals surface area contributed by atoms with Crippen LogP contribution in [0, 0.1) is 6.92 Å². The SMILES string of the molecule is COc1ccc(OC)c([C@@H](C)NC(=O)C[NH+]2CC[NH+](Cc3ccccc3C)CC2)c1. The lowest BCUT2D eigenvalue weighted by Gasteiger charge is -2.30. The van der Waals surface area contributed by atoms with Gasteiger partial charge in [-0.05, 0) is 37.6 Å². The van der Waals surface area contributed by atoms with Gasteiger partial charge in [0, 0.05) is 11.1 Å². The average Bonchev–Trinajstić information content (AvgIpc) is 2.76. The number of ether oxygens (including phenoxy) is 2. The molecule has 0 aromatic heterocycles. The predicted octanol–water partition coefficient (Wildman–Crippen LogP) is 0.173. The minimum Gasteiger partial charge on any atom is -0.497 e. The molecule has 162 valence electrons. The van der Waals surface area contributed by atoms with Crippen molar-refractivity contribution in [3.63, 3.8) is 0 Å². The van der Waals surface area contributed by atoms with Gasteiger partial charge in [-0.25, -0.2) is 0 Å². The summed E-state index contributed by atoms with van der Waals surface area (Å²) in [6.07, 6.45) is 0. The maximum atomic E-state index is 12.7. The number of amides is 1. The number of aryl methyl sites for hydroxylation is 1. The Morgan fingerprint density at radius 1 is 1.03 bits per heavy atom. The summed E-state index contributed by atoms with van der Waals surface area (Å²) in [6.45, 7) is 9.96. The lowest BCUT2D eigenvalue weighted by atomic mass is 10.1. The molecule has 2 aromatic carbocycles. The van der Waals surface area contributed by atoms with Crippen molar-refractivity contribution in [2.45, 2.75) is 26.4 Å². The first-order valence-electron chi connectivity index (χ1n) is 10.7. The van der Waals surface area contributed by atoms with Crippen LogP contribution in [0.4, 0.5) is 0 Å². The van der Waals surface area contributed by atoms with Gasteiger partial charge in [0.2, 0.25) is 0 Å². The van der Waals surface area contributed by atoms with E-state index in [1.54, 1.807) is 19.1 Å². The van der Waals surface area contributed by atoms with E-state index in [0.29, 0.717) is 6.54 Å². The molecule has 2 aromatic rings. The maximum absolute atomic E-state index is 12.7. The maximum Gasteiger partial charge on any atom is 0.275 e. The minimum absolute atomic E-state index is 0.0738. The fourth-order valence-electron chi connectivity index (χ4n) is 4.16. The summed E-state index contributed by atoms with van der Waals surface area (Å²) in [5.74, 6) is 1.58. The van der Waals surface area contributed by atoms with Gasteiger partial charge >= 0.3 is 0 Å². The molecule has 0 spiro atoms. The van der Waals surface area contributed by atoms with E-state index in [1.807, 2.05) is 25.1 Å². The van der Waals surface area contributed by atoms with E-state index in [0.717, 1.165) is 49.8 Å². The molecule has 1 amide bonds. The number of hydrogen-bond acceptors (Lipinski definition) is 3. The highest BCUT2D eigenvalue weighted by molar-refractivity contribution is 5.77. The number of nitrogens with one attached hydrogen (secondary N) is 3. The zero-order chi connectivity index (χ0) is 21.5. The third-order valence-corrected chi connectivity index (χ3v) is 6.06. The Kier molecular flexibility index (Phi) is 7.71. The Bertz CT molecular complexity index is 847. The molecule has 0 bridgehead atoms. The highest BCUT2D eigenvalue weighted by Gasteiger charge is 2.26. The number of hydrogen-bond donors (Lipinski definition) is 3. The first-order valence-corrected chi connectivity index (χ1v) is 10.7. The number of methoxy groups -OCH3 is 2. The molecule has 6 heteroatoms. The first-order chi connectivity index (χ1) is 14.5. The van der Waals surface area contributed by atoms with Crippen LogP contribution in [-0.4, -0.2) is 52.9 Å². The fraction of sp³-hybridized carbons (Fsp3) is 0.458. The van der Waals surface area contributed by atoms with E-state index >= 15 is 0 Å². The Hall–Kier alpha value is -2.57. The number of quaternary nitrogens is 2. The lowest BCUT2D eigenvalue weighted by Crippen LogP contribution is -3.28. The van der Waals surface area contributed by atoms with Crippen molar-refractivity contribution in [2.75, 3.05) is 46.9 Å². The van der Waals surface area contributed by atoms with Gasteiger partial charge < -0.3 is 24.6 Å². The first kappa shape index (κ1) is 22.1. The zero-order valence-electron chi connectivity index (χ0n) is 18.6. The van der Waals surface area contributed by atoms with Gasteiger partial charge in [0.25, 0.3) is 5.91 Å². The Morgan fingerprint density at radius 2 is 1.73 bits per heavy atom. The van der Waals surface area contributed by atoms with Crippen LogP contribution >= 0.6 is 0 Å². The van der Waals surface area contributed by atoms with Crippen molar-refractivity contribution in [3.05, 3.63) is 59.2 Å². The third-order valence-electron chi connectivity index (χ3n) is 6.06. The second-order valence-corrected chi connectivity index (χ2v) is 8.18. The van der Waals surface area contributed by atoms with E-state index in [-0.39, 0.29) is 11.9 Å².